The molecule has 1 fully saturated rings. The van der Waals surface area contributed by atoms with Crippen LogP contribution in [-0.2, 0) is 6.42 Å². The third-order valence-corrected chi connectivity index (χ3v) is 4.98. The summed E-state index contributed by atoms with van der Waals surface area (Å²) < 4.78 is 13.8. The maximum Gasteiger partial charge on any atom is 0.137 e. The van der Waals surface area contributed by atoms with Crippen LogP contribution in [0.3, 0.4) is 0 Å². The van der Waals surface area contributed by atoms with Crippen LogP contribution in [0.4, 0.5) is 4.39 Å². The second kappa shape index (κ2) is 8.11. The first kappa shape index (κ1) is 15.9. The van der Waals surface area contributed by atoms with Crippen molar-refractivity contribution >= 4 is 15.9 Å². The summed E-state index contributed by atoms with van der Waals surface area (Å²) in [7, 11) is 0. The van der Waals surface area contributed by atoms with Gasteiger partial charge in [-0.15, -0.1) is 0 Å². The Morgan fingerprint density at radius 3 is 2.45 bits per heavy atom. The van der Waals surface area contributed by atoms with Crippen LogP contribution in [-0.4, -0.2) is 6.04 Å². The summed E-state index contributed by atoms with van der Waals surface area (Å²) in [5.41, 5.74) is 4.12. The Balaban J connectivity index is 2.00. The van der Waals surface area contributed by atoms with E-state index in [-0.39, 0.29) is 11.9 Å². The van der Waals surface area contributed by atoms with E-state index in [0.717, 1.165) is 12.0 Å². The first-order valence-electron chi connectivity index (χ1n) is 7.60. The predicted molar refractivity (Wildman–Crippen MR) is 84.7 cm³/mol. The van der Waals surface area contributed by atoms with Gasteiger partial charge in [0.25, 0.3) is 0 Å². The molecule has 0 radical (unpaired) electrons. The van der Waals surface area contributed by atoms with Gasteiger partial charge in [0, 0.05) is 6.04 Å². The number of hydrazine groups is 1. The van der Waals surface area contributed by atoms with E-state index < -0.39 is 0 Å². The lowest BCUT2D eigenvalue weighted by Crippen LogP contribution is -2.42. The SMILES string of the molecule is NNC(Cc1ccc(F)c(Br)c1)C1CCCCCCC1. The number of halogens is 2. The van der Waals surface area contributed by atoms with Crippen molar-refractivity contribution in [3.05, 3.63) is 34.1 Å². The van der Waals surface area contributed by atoms with Crippen molar-refractivity contribution in [2.24, 2.45) is 11.8 Å². The zero-order valence-corrected chi connectivity index (χ0v) is 13.5. The Morgan fingerprint density at radius 2 is 1.85 bits per heavy atom. The molecule has 1 aliphatic rings. The second-order valence-corrected chi connectivity index (χ2v) is 6.69. The molecule has 3 N–H and O–H groups in total. The van der Waals surface area contributed by atoms with Crippen molar-refractivity contribution in [2.75, 3.05) is 0 Å². The fourth-order valence-corrected chi connectivity index (χ4v) is 3.60. The first-order chi connectivity index (χ1) is 9.70. The standard InChI is InChI=1S/C16H24BrFN2/c17-14-10-12(8-9-15(14)18)11-16(20-19)13-6-4-2-1-3-5-7-13/h8-10,13,16,20H,1-7,11,19H2. The van der Waals surface area contributed by atoms with Gasteiger partial charge in [-0.25, -0.2) is 4.39 Å². The van der Waals surface area contributed by atoms with Crippen LogP contribution >= 0.6 is 15.9 Å². The Bertz CT molecular complexity index is 417. The highest BCUT2D eigenvalue weighted by Gasteiger charge is 2.21. The van der Waals surface area contributed by atoms with Crippen molar-refractivity contribution in [3.63, 3.8) is 0 Å². The van der Waals surface area contributed by atoms with Crippen molar-refractivity contribution in [1.82, 2.24) is 5.43 Å². The van der Waals surface area contributed by atoms with Gasteiger partial charge in [0.1, 0.15) is 5.82 Å². The van der Waals surface area contributed by atoms with Gasteiger partial charge in [0.05, 0.1) is 4.47 Å². The highest BCUT2D eigenvalue weighted by atomic mass is 79.9. The number of hydrogen-bond donors (Lipinski definition) is 2. The number of rotatable bonds is 4. The summed E-state index contributed by atoms with van der Waals surface area (Å²) in [6, 6.07) is 5.52. The van der Waals surface area contributed by atoms with E-state index >= 15 is 0 Å². The number of hydrogen-bond acceptors (Lipinski definition) is 2. The highest BCUT2D eigenvalue weighted by molar-refractivity contribution is 9.10. The molecule has 1 unspecified atom stereocenters. The molecule has 1 aliphatic carbocycles. The molecule has 112 valence electrons. The van der Waals surface area contributed by atoms with E-state index in [4.69, 9.17) is 5.84 Å². The molecule has 1 atom stereocenters. The quantitative estimate of drug-likeness (QED) is 0.631. The third-order valence-electron chi connectivity index (χ3n) is 4.37. The molecule has 0 heterocycles. The van der Waals surface area contributed by atoms with E-state index in [1.165, 1.54) is 51.0 Å². The summed E-state index contributed by atoms with van der Waals surface area (Å²) in [5, 5.41) is 0. The lowest BCUT2D eigenvalue weighted by Gasteiger charge is -2.28. The summed E-state index contributed by atoms with van der Waals surface area (Å²) in [5.74, 6) is 6.19. The van der Waals surface area contributed by atoms with E-state index in [1.807, 2.05) is 12.1 Å². The zero-order chi connectivity index (χ0) is 14.4. The largest absolute Gasteiger partial charge is 0.271 e. The smallest absolute Gasteiger partial charge is 0.137 e. The minimum Gasteiger partial charge on any atom is -0.271 e. The van der Waals surface area contributed by atoms with Crippen molar-refractivity contribution in [2.45, 2.75) is 57.4 Å². The molecular formula is C16H24BrFN2. The van der Waals surface area contributed by atoms with Gasteiger partial charge in [-0.2, -0.15) is 0 Å². The Hall–Kier alpha value is -0.450. The summed E-state index contributed by atoms with van der Waals surface area (Å²) in [6.45, 7) is 0. The first-order valence-corrected chi connectivity index (χ1v) is 8.40. The zero-order valence-electron chi connectivity index (χ0n) is 11.9. The van der Waals surface area contributed by atoms with Crippen LogP contribution in [0.25, 0.3) is 0 Å². The molecular weight excluding hydrogens is 319 g/mol. The van der Waals surface area contributed by atoms with Crippen molar-refractivity contribution in [3.8, 4) is 0 Å². The Kier molecular flexibility index (Phi) is 6.46. The van der Waals surface area contributed by atoms with Crippen LogP contribution < -0.4 is 11.3 Å². The molecule has 0 amide bonds. The van der Waals surface area contributed by atoms with E-state index in [9.17, 15) is 4.39 Å². The van der Waals surface area contributed by atoms with Crippen LogP contribution in [0.1, 0.15) is 50.5 Å². The summed E-state index contributed by atoms with van der Waals surface area (Å²) >= 11 is 3.25. The summed E-state index contributed by atoms with van der Waals surface area (Å²) in [4.78, 5) is 0. The Labute approximate surface area is 129 Å². The van der Waals surface area contributed by atoms with E-state index in [2.05, 4.69) is 21.4 Å². The molecule has 2 rings (SSSR count). The van der Waals surface area contributed by atoms with Gasteiger partial charge in [0.15, 0.2) is 0 Å². The maximum atomic E-state index is 13.3. The van der Waals surface area contributed by atoms with E-state index in [0.29, 0.717) is 10.4 Å². The Morgan fingerprint density at radius 1 is 1.20 bits per heavy atom. The molecule has 1 aromatic carbocycles. The predicted octanol–water partition coefficient (Wildman–Crippen LogP) is 4.32. The molecule has 0 aromatic heterocycles. The number of benzene rings is 1. The molecule has 1 saturated carbocycles. The van der Waals surface area contributed by atoms with Crippen molar-refractivity contribution < 1.29 is 4.39 Å². The molecule has 0 spiro atoms. The highest BCUT2D eigenvalue weighted by Crippen LogP contribution is 2.27. The van der Waals surface area contributed by atoms with Gasteiger partial charge in [-0.05, 0) is 58.8 Å². The van der Waals surface area contributed by atoms with Crippen molar-refractivity contribution in [1.29, 1.82) is 0 Å². The maximum absolute atomic E-state index is 13.3. The van der Waals surface area contributed by atoms with Gasteiger partial charge in [0.2, 0.25) is 0 Å². The summed E-state index contributed by atoms with van der Waals surface area (Å²) in [6.07, 6.45) is 10.0. The minimum atomic E-state index is -0.211. The molecule has 20 heavy (non-hydrogen) atoms. The average molecular weight is 343 g/mol. The minimum absolute atomic E-state index is 0.211. The van der Waals surface area contributed by atoms with Crippen LogP contribution in [0, 0.1) is 11.7 Å². The lowest BCUT2D eigenvalue weighted by molar-refractivity contribution is 0.285. The van der Waals surface area contributed by atoms with E-state index in [1.54, 1.807) is 0 Å². The molecule has 0 saturated heterocycles. The molecule has 0 bridgehead atoms. The number of nitrogens with one attached hydrogen (secondary N) is 1. The lowest BCUT2D eigenvalue weighted by atomic mass is 9.83. The molecule has 1 aromatic rings. The van der Waals surface area contributed by atoms with Crippen LogP contribution in [0.5, 0.6) is 0 Å². The molecule has 4 heteroatoms. The van der Waals surface area contributed by atoms with Gasteiger partial charge < -0.3 is 0 Å². The van der Waals surface area contributed by atoms with Gasteiger partial charge in [-0.1, -0.05) is 38.2 Å². The fraction of sp³-hybridized carbons (Fsp3) is 0.625. The topological polar surface area (TPSA) is 38.0 Å². The molecule has 0 aliphatic heterocycles. The van der Waals surface area contributed by atoms with Crippen LogP contribution in [0.2, 0.25) is 0 Å². The van der Waals surface area contributed by atoms with Crippen LogP contribution in [0.15, 0.2) is 22.7 Å². The average Bonchev–Trinajstić information content (AvgIpc) is 2.40. The fourth-order valence-electron chi connectivity index (χ4n) is 3.17. The monoisotopic (exact) mass is 342 g/mol. The third kappa shape index (κ3) is 4.54. The normalized spacial score (nSPS) is 19.4. The number of nitrogens with two attached hydrogens (primary N) is 1. The molecule has 2 nitrogen and oxygen atoms in total. The second-order valence-electron chi connectivity index (χ2n) is 5.83. The van der Waals surface area contributed by atoms with Gasteiger partial charge >= 0.3 is 0 Å². The van der Waals surface area contributed by atoms with Gasteiger partial charge in [-0.3, -0.25) is 11.3 Å².